The standard InChI is InChI=1S/C13H15BrF3NO2S/c14-8-9-18(10-4-3-5-10)11-6-1-2-7-12(11)21(19,20)13(15,16)17/h1-2,6-7,10H,3-5,8-9H2. The van der Waals surface area contributed by atoms with Crippen molar-refractivity contribution in [3.63, 3.8) is 0 Å². The Morgan fingerprint density at radius 3 is 2.33 bits per heavy atom. The van der Waals surface area contributed by atoms with Gasteiger partial charge in [0, 0.05) is 17.9 Å². The summed E-state index contributed by atoms with van der Waals surface area (Å²) in [5, 5.41) is 0.559. The highest BCUT2D eigenvalue weighted by atomic mass is 79.9. The maximum atomic E-state index is 12.8. The lowest BCUT2D eigenvalue weighted by Gasteiger charge is -2.39. The highest BCUT2D eigenvalue weighted by molar-refractivity contribution is 9.09. The Labute approximate surface area is 130 Å². The molecule has 2 rings (SSSR count). The second kappa shape index (κ2) is 6.16. The number of anilines is 1. The molecule has 0 N–H and O–H groups in total. The summed E-state index contributed by atoms with van der Waals surface area (Å²) in [6.45, 7) is 0.467. The van der Waals surface area contributed by atoms with Gasteiger partial charge in [0.25, 0.3) is 9.84 Å². The van der Waals surface area contributed by atoms with E-state index in [4.69, 9.17) is 0 Å². The third-order valence-corrected chi connectivity index (χ3v) is 5.50. The van der Waals surface area contributed by atoms with Crippen LogP contribution in [0, 0.1) is 0 Å². The SMILES string of the molecule is O=S(=O)(c1ccccc1N(CCBr)C1CCC1)C(F)(F)F. The van der Waals surface area contributed by atoms with Crippen molar-refractivity contribution < 1.29 is 21.6 Å². The predicted molar refractivity (Wildman–Crippen MR) is 78.5 cm³/mol. The minimum atomic E-state index is -5.35. The van der Waals surface area contributed by atoms with Crippen molar-refractivity contribution in [3.05, 3.63) is 24.3 Å². The van der Waals surface area contributed by atoms with Crippen molar-refractivity contribution in [1.29, 1.82) is 0 Å². The molecule has 0 radical (unpaired) electrons. The number of alkyl halides is 4. The summed E-state index contributed by atoms with van der Waals surface area (Å²) in [7, 11) is -5.35. The van der Waals surface area contributed by atoms with E-state index in [2.05, 4.69) is 15.9 Å². The zero-order valence-electron chi connectivity index (χ0n) is 11.1. The summed E-state index contributed by atoms with van der Waals surface area (Å²) in [4.78, 5) is 1.10. The molecule has 0 unspecified atom stereocenters. The summed E-state index contributed by atoms with van der Waals surface area (Å²) in [6, 6.07) is 5.45. The lowest BCUT2D eigenvalue weighted by Crippen LogP contribution is -2.42. The number of halogens is 4. The predicted octanol–water partition coefficient (Wildman–Crippen LogP) is 3.73. The van der Waals surface area contributed by atoms with Crippen LogP contribution in [0.3, 0.4) is 0 Å². The summed E-state index contributed by atoms with van der Waals surface area (Å²) < 4.78 is 62.0. The molecule has 1 saturated carbocycles. The summed E-state index contributed by atoms with van der Waals surface area (Å²) in [5.74, 6) is 0. The van der Waals surface area contributed by atoms with Gasteiger partial charge < -0.3 is 4.90 Å². The van der Waals surface area contributed by atoms with E-state index in [0.29, 0.717) is 11.9 Å². The van der Waals surface area contributed by atoms with Gasteiger partial charge in [-0.3, -0.25) is 0 Å². The molecule has 0 saturated heterocycles. The molecule has 0 bridgehead atoms. The first-order chi connectivity index (χ1) is 9.79. The van der Waals surface area contributed by atoms with E-state index in [1.807, 2.05) is 0 Å². The average molecular weight is 386 g/mol. The van der Waals surface area contributed by atoms with Crippen molar-refractivity contribution in [3.8, 4) is 0 Å². The maximum Gasteiger partial charge on any atom is 0.501 e. The van der Waals surface area contributed by atoms with Crippen LogP contribution in [0.5, 0.6) is 0 Å². The molecule has 0 amide bonds. The molecule has 21 heavy (non-hydrogen) atoms. The van der Waals surface area contributed by atoms with E-state index in [1.54, 1.807) is 11.0 Å². The zero-order chi connectivity index (χ0) is 15.7. The van der Waals surface area contributed by atoms with Crippen molar-refractivity contribution in [2.24, 2.45) is 0 Å². The Balaban J connectivity index is 2.49. The molecule has 1 aromatic carbocycles. The van der Waals surface area contributed by atoms with Gasteiger partial charge in [-0.25, -0.2) is 8.42 Å². The van der Waals surface area contributed by atoms with Crippen LogP contribution < -0.4 is 4.90 Å². The smallest absolute Gasteiger partial charge is 0.367 e. The van der Waals surface area contributed by atoms with Gasteiger partial charge in [-0.1, -0.05) is 28.1 Å². The van der Waals surface area contributed by atoms with Crippen LogP contribution in [0.15, 0.2) is 29.2 Å². The molecule has 0 aromatic heterocycles. The molecular weight excluding hydrogens is 371 g/mol. The van der Waals surface area contributed by atoms with Crippen LogP contribution >= 0.6 is 15.9 Å². The first-order valence-corrected chi connectivity index (χ1v) is 9.12. The second-order valence-corrected chi connectivity index (χ2v) is 7.59. The lowest BCUT2D eigenvalue weighted by atomic mass is 9.91. The van der Waals surface area contributed by atoms with Gasteiger partial charge in [-0.05, 0) is 31.4 Å². The van der Waals surface area contributed by atoms with Gasteiger partial charge in [0.15, 0.2) is 0 Å². The normalized spacial score (nSPS) is 16.6. The van der Waals surface area contributed by atoms with E-state index in [-0.39, 0.29) is 11.7 Å². The monoisotopic (exact) mass is 385 g/mol. The zero-order valence-corrected chi connectivity index (χ0v) is 13.5. The Hall–Kier alpha value is -0.760. The number of sulfone groups is 1. The van der Waals surface area contributed by atoms with E-state index in [9.17, 15) is 21.6 Å². The van der Waals surface area contributed by atoms with Gasteiger partial charge in [-0.15, -0.1) is 0 Å². The molecule has 118 valence electrons. The second-order valence-electron chi connectivity index (χ2n) is 4.88. The van der Waals surface area contributed by atoms with Crippen LogP contribution in [0.1, 0.15) is 19.3 Å². The number of rotatable bonds is 5. The first kappa shape index (κ1) is 16.6. The van der Waals surface area contributed by atoms with Crippen molar-refractivity contribution in [2.45, 2.75) is 35.7 Å². The average Bonchev–Trinajstić information content (AvgIpc) is 2.35. The first-order valence-electron chi connectivity index (χ1n) is 6.52. The van der Waals surface area contributed by atoms with E-state index in [1.165, 1.54) is 12.1 Å². The lowest BCUT2D eigenvalue weighted by molar-refractivity contribution is -0.0435. The fourth-order valence-corrected chi connectivity index (χ4v) is 3.69. The number of hydrogen-bond acceptors (Lipinski definition) is 3. The Bertz CT molecular complexity index is 600. The van der Waals surface area contributed by atoms with Gasteiger partial charge in [0.2, 0.25) is 0 Å². The molecule has 1 fully saturated rings. The molecule has 1 aliphatic rings. The number of hydrogen-bond donors (Lipinski definition) is 0. The molecule has 0 spiro atoms. The van der Waals surface area contributed by atoms with Crippen LogP contribution in [0.2, 0.25) is 0 Å². The summed E-state index contributed by atoms with van der Waals surface area (Å²) in [6.07, 6.45) is 2.75. The Kier molecular flexibility index (Phi) is 4.87. The van der Waals surface area contributed by atoms with E-state index >= 15 is 0 Å². The minimum Gasteiger partial charge on any atom is -0.367 e. The molecule has 0 atom stereocenters. The Morgan fingerprint density at radius 1 is 1.24 bits per heavy atom. The summed E-state index contributed by atoms with van der Waals surface area (Å²) >= 11 is 3.27. The topological polar surface area (TPSA) is 37.4 Å². The van der Waals surface area contributed by atoms with Crippen LogP contribution in [-0.4, -0.2) is 31.8 Å². The fraction of sp³-hybridized carbons (Fsp3) is 0.538. The molecule has 1 aliphatic carbocycles. The highest BCUT2D eigenvalue weighted by Crippen LogP contribution is 2.38. The molecule has 1 aromatic rings. The van der Waals surface area contributed by atoms with Gasteiger partial charge >= 0.3 is 5.51 Å². The third-order valence-electron chi connectivity index (χ3n) is 3.61. The molecule has 8 heteroatoms. The molecule has 0 heterocycles. The highest BCUT2D eigenvalue weighted by Gasteiger charge is 2.48. The Morgan fingerprint density at radius 2 is 1.86 bits per heavy atom. The maximum absolute atomic E-state index is 12.8. The number of nitrogens with zero attached hydrogens (tertiary/aromatic N) is 1. The van der Waals surface area contributed by atoms with Crippen molar-refractivity contribution in [1.82, 2.24) is 0 Å². The van der Waals surface area contributed by atoms with E-state index in [0.717, 1.165) is 25.3 Å². The summed E-state index contributed by atoms with van der Waals surface area (Å²) in [5.41, 5.74) is -5.15. The van der Waals surface area contributed by atoms with Gasteiger partial charge in [-0.2, -0.15) is 13.2 Å². The quantitative estimate of drug-likeness (QED) is 0.724. The van der Waals surface area contributed by atoms with Gasteiger partial charge in [0.1, 0.15) is 0 Å². The minimum absolute atomic E-state index is 0.104. The van der Waals surface area contributed by atoms with Crippen LogP contribution in [0.4, 0.5) is 18.9 Å². The molecule has 3 nitrogen and oxygen atoms in total. The van der Waals surface area contributed by atoms with Crippen molar-refractivity contribution in [2.75, 3.05) is 16.8 Å². The number of para-hydroxylation sites is 1. The van der Waals surface area contributed by atoms with Crippen LogP contribution in [-0.2, 0) is 9.84 Å². The molecular formula is C13H15BrF3NO2S. The number of benzene rings is 1. The third kappa shape index (κ3) is 3.21. The van der Waals surface area contributed by atoms with E-state index < -0.39 is 20.2 Å². The molecule has 0 aliphatic heterocycles. The fourth-order valence-electron chi connectivity index (χ4n) is 2.34. The van der Waals surface area contributed by atoms with Gasteiger partial charge in [0.05, 0.1) is 10.6 Å². The van der Waals surface area contributed by atoms with Crippen molar-refractivity contribution >= 4 is 31.5 Å². The van der Waals surface area contributed by atoms with Crippen LogP contribution in [0.25, 0.3) is 0 Å². The largest absolute Gasteiger partial charge is 0.501 e.